The molecule has 1 heteroatoms. The van der Waals surface area contributed by atoms with Crippen LogP contribution in [0.5, 0.6) is 5.75 Å². The van der Waals surface area contributed by atoms with Gasteiger partial charge in [0.15, 0.2) is 0 Å². The number of unbranched alkanes of at least 4 members (excludes halogenated alkanes) is 3. The number of benzene rings is 1. The van der Waals surface area contributed by atoms with Gasteiger partial charge in [-0.25, -0.2) is 0 Å². The Morgan fingerprint density at radius 3 is 2.18 bits per heavy atom. The maximum Gasteiger partial charge on any atom is 0.119 e. The zero-order valence-electron chi connectivity index (χ0n) is 14.7. The molecule has 0 aromatic heterocycles. The van der Waals surface area contributed by atoms with Crippen molar-refractivity contribution in [1.82, 2.24) is 0 Å². The first-order valence-corrected chi connectivity index (χ1v) is 9.56. The number of hydrogen-bond donors (Lipinski definition) is 0. The minimum atomic E-state index is 0.784. The van der Waals surface area contributed by atoms with Crippen LogP contribution in [-0.2, 0) is 0 Å². The van der Waals surface area contributed by atoms with Gasteiger partial charge < -0.3 is 4.74 Å². The Kier molecular flexibility index (Phi) is 7.83. The summed E-state index contributed by atoms with van der Waals surface area (Å²) in [6.45, 7) is 5.39. The van der Waals surface area contributed by atoms with E-state index in [0.29, 0.717) is 0 Å². The lowest BCUT2D eigenvalue weighted by molar-refractivity contribution is 0.301. The second-order valence-electron chi connectivity index (χ2n) is 6.98. The highest BCUT2D eigenvalue weighted by atomic mass is 16.5. The first kappa shape index (κ1) is 17.4. The van der Waals surface area contributed by atoms with Gasteiger partial charge in [0.1, 0.15) is 5.75 Å². The molecule has 0 radical (unpaired) electrons. The summed E-state index contributed by atoms with van der Waals surface area (Å²) in [4.78, 5) is 0. The van der Waals surface area contributed by atoms with Crippen molar-refractivity contribution in [3.63, 3.8) is 0 Å². The standard InChI is InChI=1S/C21H34O/c1-3-5-7-17-22-21-15-13-20(14-16-21)19-11-9-18(10-12-19)8-6-4-2/h13-16,18-19H,3-12,17H2,1-2H3. The molecule has 1 fully saturated rings. The molecule has 1 nitrogen and oxygen atoms in total. The summed E-state index contributed by atoms with van der Waals surface area (Å²) in [7, 11) is 0. The van der Waals surface area contributed by atoms with Crippen molar-refractivity contribution in [3.8, 4) is 5.75 Å². The fourth-order valence-corrected chi connectivity index (χ4v) is 3.66. The third kappa shape index (κ3) is 5.66. The van der Waals surface area contributed by atoms with E-state index in [-0.39, 0.29) is 0 Å². The average molecular weight is 303 g/mol. The molecule has 0 saturated heterocycles. The lowest BCUT2D eigenvalue weighted by Gasteiger charge is -2.28. The van der Waals surface area contributed by atoms with Gasteiger partial charge in [0.2, 0.25) is 0 Å². The van der Waals surface area contributed by atoms with E-state index in [2.05, 4.69) is 38.1 Å². The van der Waals surface area contributed by atoms with Gasteiger partial charge in [-0.05, 0) is 61.6 Å². The lowest BCUT2D eigenvalue weighted by atomic mass is 9.77. The Bertz CT molecular complexity index is 387. The predicted molar refractivity (Wildman–Crippen MR) is 95.7 cm³/mol. The third-order valence-corrected chi connectivity index (χ3v) is 5.18. The maximum atomic E-state index is 5.81. The summed E-state index contributed by atoms with van der Waals surface area (Å²) < 4.78 is 5.81. The van der Waals surface area contributed by atoms with Crippen LogP contribution in [0, 0.1) is 5.92 Å². The largest absolute Gasteiger partial charge is 0.494 e. The molecule has 0 bridgehead atoms. The van der Waals surface area contributed by atoms with E-state index in [1.807, 2.05) is 0 Å². The highest BCUT2D eigenvalue weighted by molar-refractivity contribution is 5.29. The van der Waals surface area contributed by atoms with Crippen LogP contribution in [0.25, 0.3) is 0 Å². The fraction of sp³-hybridized carbons (Fsp3) is 0.714. The number of rotatable bonds is 9. The van der Waals surface area contributed by atoms with Crippen LogP contribution in [0.15, 0.2) is 24.3 Å². The average Bonchev–Trinajstić information content (AvgIpc) is 2.58. The fourth-order valence-electron chi connectivity index (χ4n) is 3.66. The first-order valence-electron chi connectivity index (χ1n) is 9.56. The van der Waals surface area contributed by atoms with Gasteiger partial charge in [0.25, 0.3) is 0 Å². The zero-order valence-corrected chi connectivity index (χ0v) is 14.7. The zero-order chi connectivity index (χ0) is 15.6. The van der Waals surface area contributed by atoms with Crippen molar-refractivity contribution in [2.75, 3.05) is 6.61 Å². The summed E-state index contributed by atoms with van der Waals surface area (Å²) >= 11 is 0. The van der Waals surface area contributed by atoms with Crippen molar-refractivity contribution >= 4 is 0 Å². The van der Waals surface area contributed by atoms with E-state index < -0.39 is 0 Å². The first-order chi connectivity index (χ1) is 10.8. The minimum Gasteiger partial charge on any atom is -0.494 e. The topological polar surface area (TPSA) is 9.23 Å². The molecule has 0 spiro atoms. The van der Waals surface area contributed by atoms with E-state index in [1.165, 1.54) is 69.8 Å². The predicted octanol–water partition coefficient (Wildman–Crippen LogP) is 6.72. The highest BCUT2D eigenvalue weighted by Gasteiger charge is 2.21. The Morgan fingerprint density at radius 2 is 1.55 bits per heavy atom. The maximum absolute atomic E-state index is 5.81. The van der Waals surface area contributed by atoms with Gasteiger partial charge in [-0.2, -0.15) is 0 Å². The number of hydrogen-bond acceptors (Lipinski definition) is 1. The van der Waals surface area contributed by atoms with Gasteiger partial charge in [-0.1, -0.05) is 58.1 Å². The van der Waals surface area contributed by atoms with Gasteiger partial charge in [-0.15, -0.1) is 0 Å². The summed E-state index contributed by atoms with van der Waals surface area (Å²) in [6.07, 6.45) is 13.5. The molecule has 1 aromatic carbocycles. The molecular formula is C21H34O. The van der Waals surface area contributed by atoms with E-state index in [1.54, 1.807) is 0 Å². The van der Waals surface area contributed by atoms with Crippen molar-refractivity contribution in [2.24, 2.45) is 5.92 Å². The molecular weight excluding hydrogens is 268 g/mol. The van der Waals surface area contributed by atoms with E-state index >= 15 is 0 Å². The van der Waals surface area contributed by atoms with Crippen molar-refractivity contribution in [2.45, 2.75) is 84.0 Å². The highest BCUT2D eigenvalue weighted by Crippen LogP contribution is 2.38. The van der Waals surface area contributed by atoms with Crippen molar-refractivity contribution in [3.05, 3.63) is 29.8 Å². The quantitative estimate of drug-likeness (QED) is 0.460. The monoisotopic (exact) mass is 302 g/mol. The van der Waals surface area contributed by atoms with Crippen LogP contribution in [0.1, 0.15) is 89.5 Å². The minimum absolute atomic E-state index is 0.784. The van der Waals surface area contributed by atoms with Gasteiger partial charge in [0, 0.05) is 0 Å². The second kappa shape index (κ2) is 9.92. The Hall–Kier alpha value is -0.980. The molecule has 1 aromatic rings. The summed E-state index contributed by atoms with van der Waals surface area (Å²) in [6, 6.07) is 8.94. The molecule has 22 heavy (non-hydrogen) atoms. The van der Waals surface area contributed by atoms with Crippen molar-refractivity contribution in [1.29, 1.82) is 0 Å². The van der Waals surface area contributed by atoms with E-state index in [4.69, 9.17) is 4.74 Å². The Morgan fingerprint density at radius 1 is 0.864 bits per heavy atom. The summed E-state index contributed by atoms with van der Waals surface area (Å²) in [5.74, 6) is 2.82. The Labute approximate surface area is 137 Å². The van der Waals surface area contributed by atoms with Gasteiger partial charge in [-0.3, -0.25) is 0 Å². The molecule has 0 N–H and O–H groups in total. The molecule has 0 atom stereocenters. The van der Waals surface area contributed by atoms with Crippen molar-refractivity contribution < 1.29 is 4.74 Å². The summed E-state index contributed by atoms with van der Waals surface area (Å²) in [5, 5.41) is 0. The van der Waals surface area contributed by atoms with Gasteiger partial charge in [0.05, 0.1) is 6.61 Å². The summed E-state index contributed by atoms with van der Waals surface area (Å²) in [5.41, 5.74) is 1.52. The smallest absolute Gasteiger partial charge is 0.119 e. The molecule has 0 heterocycles. The molecule has 0 unspecified atom stereocenters. The SMILES string of the molecule is CCCCCOc1ccc(C2CCC(CCCC)CC2)cc1. The molecule has 124 valence electrons. The Balaban J connectivity index is 1.74. The van der Waals surface area contributed by atoms with Crippen LogP contribution >= 0.6 is 0 Å². The second-order valence-corrected chi connectivity index (χ2v) is 6.98. The third-order valence-electron chi connectivity index (χ3n) is 5.18. The molecule has 2 rings (SSSR count). The molecule has 1 aliphatic carbocycles. The number of ether oxygens (including phenoxy) is 1. The van der Waals surface area contributed by atoms with E-state index in [0.717, 1.165) is 24.2 Å². The molecule has 0 aliphatic heterocycles. The van der Waals surface area contributed by atoms with Crippen LogP contribution in [0.3, 0.4) is 0 Å². The van der Waals surface area contributed by atoms with Crippen LogP contribution < -0.4 is 4.74 Å². The molecule has 1 saturated carbocycles. The lowest BCUT2D eigenvalue weighted by Crippen LogP contribution is -2.13. The van der Waals surface area contributed by atoms with Crippen LogP contribution in [0.2, 0.25) is 0 Å². The van der Waals surface area contributed by atoms with Gasteiger partial charge >= 0.3 is 0 Å². The molecule has 0 amide bonds. The molecule has 1 aliphatic rings. The van der Waals surface area contributed by atoms with Crippen LogP contribution in [-0.4, -0.2) is 6.61 Å². The van der Waals surface area contributed by atoms with Crippen LogP contribution in [0.4, 0.5) is 0 Å². The normalized spacial score (nSPS) is 21.7. The van der Waals surface area contributed by atoms with E-state index in [9.17, 15) is 0 Å².